The molecule has 1 aromatic rings. The molecule has 1 aliphatic carbocycles. The highest BCUT2D eigenvalue weighted by Crippen LogP contribution is 2.27. The molecule has 0 heterocycles. The van der Waals surface area contributed by atoms with E-state index in [0.717, 1.165) is 4.47 Å². The summed E-state index contributed by atoms with van der Waals surface area (Å²) >= 11 is 3.27. The van der Waals surface area contributed by atoms with E-state index in [9.17, 15) is 18.0 Å². The first-order chi connectivity index (χ1) is 10.2. The van der Waals surface area contributed by atoms with Crippen molar-refractivity contribution in [1.29, 1.82) is 0 Å². The highest BCUT2D eigenvalue weighted by molar-refractivity contribution is 9.10. The van der Waals surface area contributed by atoms with Gasteiger partial charge < -0.3 is 10.4 Å². The quantitative estimate of drug-likeness (QED) is 0.764. The van der Waals surface area contributed by atoms with Gasteiger partial charge in [0.25, 0.3) is 0 Å². The van der Waals surface area contributed by atoms with Gasteiger partial charge in [0.1, 0.15) is 5.75 Å². The summed E-state index contributed by atoms with van der Waals surface area (Å²) < 4.78 is 24.8. The lowest BCUT2D eigenvalue weighted by Gasteiger charge is -2.32. The molecule has 1 fully saturated rings. The Bertz CT molecular complexity index is 665. The molecule has 22 heavy (non-hydrogen) atoms. The van der Waals surface area contributed by atoms with E-state index in [1.165, 1.54) is 0 Å². The number of carbonyl (C=O) groups is 2. The Hall–Kier alpha value is -1.41. The molecular weight excluding hydrogens is 374 g/mol. The molecule has 1 saturated carbocycles. The highest BCUT2D eigenvalue weighted by Gasteiger charge is 2.35. The molecule has 2 rings (SSSR count). The van der Waals surface area contributed by atoms with Crippen molar-refractivity contribution in [2.24, 2.45) is 5.92 Å². The minimum absolute atomic E-state index is 0.198. The summed E-state index contributed by atoms with van der Waals surface area (Å²) in [5.74, 6) is -2.68. The molecule has 120 valence electrons. The fourth-order valence-electron chi connectivity index (χ4n) is 2.29. The highest BCUT2D eigenvalue weighted by atomic mass is 79.9. The predicted molar refractivity (Wildman–Crippen MR) is 83.9 cm³/mol. The summed E-state index contributed by atoms with van der Waals surface area (Å²) in [6.45, 7) is 0. The Morgan fingerprint density at radius 1 is 1.23 bits per heavy atom. The average molecular weight is 390 g/mol. The summed E-state index contributed by atoms with van der Waals surface area (Å²) in [5.41, 5.74) is 0.616. The third-order valence-corrected chi connectivity index (χ3v) is 5.51. The monoisotopic (exact) mass is 389 g/mol. The van der Waals surface area contributed by atoms with Crippen LogP contribution in [0.25, 0.3) is 0 Å². The fraction of sp³-hybridized carbons (Fsp3) is 0.429. The van der Waals surface area contributed by atoms with Crippen LogP contribution in [0.15, 0.2) is 28.7 Å². The molecule has 1 aliphatic rings. The van der Waals surface area contributed by atoms with Gasteiger partial charge >= 0.3 is 5.97 Å². The van der Waals surface area contributed by atoms with Crippen LogP contribution in [-0.2, 0) is 25.2 Å². The summed E-state index contributed by atoms with van der Waals surface area (Å²) in [6, 6.07) is 6.61. The molecule has 2 N–H and O–H groups in total. The van der Waals surface area contributed by atoms with Gasteiger partial charge in [-0.1, -0.05) is 28.1 Å². The van der Waals surface area contributed by atoms with Crippen LogP contribution in [0.4, 0.5) is 0 Å². The van der Waals surface area contributed by atoms with Crippen LogP contribution in [0.1, 0.15) is 18.4 Å². The van der Waals surface area contributed by atoms with Gasteiger partial charge in [-0.15, -0.1) is 0 Å². The fourth-order valence-corrected chi connectivity index (χ4v) is 3.84. The van der Waals surface area contributed by atoms with E-state index in [0.29, 0.717) is 18.4 Å². The first-order valence-corrected chi connectivity index (χ1v) is 9.33. The first kappa shape index (κ1) is 17.0. The number of amides is 1. The lowest BCUT2D eigenvalue weighted by Crippen LogP contribution is -2.48. The number of carbonyl (C=O) groups excluding carboxylic acids is 1. The molecule has 0 atom stereocenters. The molecule has 0 saturated heterocycles. The maximum Gasteiger partial charge on any atom is 0.306 e. The molecular formula is C14H16BrNO5S. The number of halogens is 1. The van der Waals surface area contributed by atoms with Crippen molar-refractivity contribution in [2.45, 2.75) is 24.6 Å². The van der Waals surface area contributed by atoms with E-state index >= 15 is 0 Å². The van der Waals surface area contributed by atoms with E-state index in [1.807, 2.05) is 0 Å². The molecule has 0 radical (unpaired) electrons. The Labute approximate surface area is 137 Å². The van der Waals surface area contributed by atoms with E-state index in [4.69, 9.17) is 5.11 Å². The SMILES string of the molecule is O=C(CS(=O)(=O)Cc1ccc(Br)cc1)NC1CC(C(=O)O)C1. The van der Waals surface area contributed by atoms with Gasteiger partial charge in [0.2, 0.25) is 5.91 Å². The third-order valence-electron chi connectivity index (χ3n) is 3.50. The number of nitrogens with one attached hydrogen (secondary N) is 1. The molecule has 1 aromatic carbocycles. The smallest absolute Gasteiger partial charge is 0.306 e. The van der Waals surface area contributed by atoms with Gasteiger partial charge in [0.05, 0.1) is 11.7 Å². The predicted octanol–water partition coefficient (Wildman–Crippen LogP) is 1.34. The van der Waals surface area contributed by atoms with Gasteiger partial charge in [0.15, 0.2) is 9.84 Å². The van der Waals surface area contributed by atoms with Crippen molar-refractivity contribution >= 4 is 37.6 Å². The Morgan fingerprint density at radius 2 is 1.82 bits per heavy atom. The maximum atomic E-state index is 12.0. The van der Waals surface area contributed by atoms with Crippen LogP contribution in [0.5, 0.6) is 0 Å². The summed E-state index contributed by atoms with van der Waals surface area (Å²) in [4.78, 5) is 22.4. The van der Waals surface area contributed by atoms with E-state index in [1.54, 1.807) is 24.3 Å². The lowest BCUT2D eigenvalue weighted by atomic mass is 9.80. The van der Waals surface area contributed by atoms with Crippen molar-refractivity contribution in [3.63, 3.8) is 0 Å². The second-order valence-electron chi connectivity index (χ2n) is 5.43. The number of hydrogen-bond donors (Lipinski definition) is 2. The van der Waals surface area contributed by atoms with E-state index < -0.39 is 33.4 Å². The van der Waals surface area contributed by atoms with Crippen molar-refractivity contribution in [2.75, 3.05) is 5.75 Å². The minimum Gasteiger partial charge on any atom is -0.481 e. The molecule has 0 bridgehead atoms. The lowest BCUT2D eigenvalue weighted by molar-refractivity contribution is -0.146. The normalized spacial score (nSPS) is 21.0. The number of hydrogen-bond acceptors (Lipinski definition) is 4. The largest absolute Gasteiger partial charge is 0.481 e. The van der Waals surface area contributed by atoms with Crippen LogP contribution in [0.3, 0.4) is 0 Å². The zero-order valence-corrected chi connectivity index (χ0v) is 14.1. The van der Waals surface area contributed by atoms with Crippen LogP contribution in [0.2, 0.25) is 0 Å². The number of benzene rings is 1. The van der Waals surface area contributed by atoms with Gasteiger partial charge in [0, 0.05) is 10.5 Å². The Kier molecular flexibility index (Phi) is 5.23. The van der Waals surface area contributed by atoms with Gasteiger partial charge in [-0.2, -0.15) is 0 Å². The second-order valence-corrected chi connectivity index (χ2v) is 8.41. The van der Waals surface area contributed by atoms with Gasteiger partial charge in [-0.05, 0) is 30.5 Å². The first-order valence-electron chi connectivity index (χ1n) is 6.72. The third kappa shape index (κ3) is 4.81. The summed E-state index contributed by atoms with van der Waals surface area (Å²) in [6.07, 6.45) is 0.710. The molecule has 0 unspecified atom stereocenters. The zero-order chi connectivity index (χ0) is 16.3. The van der Waals surface area contributed by atoms with Crippen molar-refractivity contribution in [1.82, 2.24) is 5.32 Å². The van der Waals surface area contributed by atoms with Crippen molar-refractivity contribution in [3.05, 3.63) is 34.3 Å². The number of carboxylic acids is 1. The number of aliphatic carboxylic acids is 1. The molecule has 8 heteroatoms. The molecule has 0 aromatic heterocycles. The van der Waals surface area contributed by atoms with Crippen molar-refractivity contribution in [3.8, 4) is 0 Å². The van der Waals surface area contributed by atoms with Crippen molar-refractivity contribution < 1.29 is 23.1 Å². The van der Waals surface area contributed by atoms with Crippen LogP contribution >= 0.6 is 15.9 Å². The maximum absolute atomic E-state index is 12.0. The van der Waals surface area contributed by atoms with Gasteiger partial charge in [-0.25, -0.2) is 8.42 Å². The summed E-state index contributed by atoms with van der Waals surface area (Å²) in [7, 11) is -3.55. The molecule has 1 amide bonds. The average Bonchev–Trinajstić information content (AvgIpc) is 2.34. The zero-order valence-electron chi connectivity index (χ0n) is 11.7. The van der Waals surface area contributed by atoms with Gasteiger partial charge in [-0.3, -0.25) is 9.59 Å². The van der Waals surface area contributed by atoms with Crippen LogP contribution < -0.4 is 5.32 Å². The van der Waals surface area contributed by atoms with E-state index in [2.05, 4.69) is 21.2 Å². The molecule has 6 nitrogen and oxygen atoms in total. The van der Waals surface area contributed by atoms with Crippen LogP contribution in [0, 0.1) is 5.92 Å². The van der Waals surface area contributed by atoms with E-state index in [-0.39, 0.29) is 11.8 Å². The Morgan fingerprint density at radius 3 is 2.36 bits per heavy atom. The second kappa shape index (κ2) is 6.78. The molecule has 0 aliphatic heterocycles. The summed E-state index contributed by atoms with van der Waals surface area (Å²) in [5, 5.41) is 11.3. The number of carboxylic acid groups (broad SMARTS) is 1. The molecule has 0 spiro atoms. The topological polar surface area (TPSA) is 101 Å². The Balaban J connectivity index is 1.82. The standard InChI is InChI=1S/C14H16BrNO5S/c15-11-3-1-9(2-4-11)7-22(20,21)8-13(17)16-12-5-10(6-12)14(18)19/h1-4,10,12H,5-8H2,(H,16,17)(H,18,19). The minimum atomic E-state index is -3.55. The number of rotatable bonds is 6. The number of sulfone groups is 1. The van der Waals surface area contributed by atoms with Crippen LogP contribution in [-0.4, -0.2) is 37.2 Å².